The van der Waals surface area contributed by atoms with E-state index in [9.17, 15) is 9.90 Å². The molecule has 1 saturated heterocycles. The summed E-state index contributed by atoms with van der Waals surface area (Å²) in [5.41, 5.74) is 0. The number of likely N-dealkylation sites (tertiary alicyclic amines) is 1. The van der Waals surface area contributed by atoms with Gasteiger partial charge in [0.1, 0.15) is 0 Å². The van der Waals surface area contributed by atoms with Gasteiger partial charge in [0.25, 0.3) is 0 Å². The van der Waals surface area contributed by atoms with E-state index in [2.05, 4.69) is 0 Å². The Kier molecular flexibility index (Phi) is 3.75. The Balaban J connectivity index is 2.53. The van der Waals surface area contributed by atoms with Gasteiger partial charge >= 0.3 is 6.09 Å². The number of hydrogen-bond donors (Lipinski definition) is 2. The third kappa shape index (κ3) is 2.61. The zero-order valence-corrected chi connectivity index (χ0v) is 8.81. The smallest absolute Gasteiger partial charge is 0.407 e. The molecule has 1 unspecified atom stereocenters. The second kappa shape index (κ2) is 4.64. The highest BCUT2D eigenvalue weighted by Crippen LogP contribution is 2.23. The van der Waals surface area contributed by atoms with Crippen molar-refractivity contribution in [2.45, 2.75) is 45.3 Å². The molecule has 4 heteroatoms. The molecular weight excluding hydrogens is 182 g/mol. The molecule has 1 aliphatic rings. The molecule has 0 aromatic carbocycles. The zero-order chi connectivity index (χ0) is 10.7. The fraction of sp³-hybridized carbons (Fsp3) is 0.900. The first kappa shape index (κ1) is 11.3. The van der Waals surface area contributed by atoms with Crippen LogP contribution in [0.3, 0.4) is 0 Å². The molecule has 14 heavy (non-hydrogen) atoms. The van der Waals surface area contributed by atoms with Crippen LogP contribution in [0.15, 0.2) is 0 Å². The van der Waals surface area contributed by atoms with Gasteiger partial charge in [-0.3, -0.25) is 0 Å². The Morgan fingerprint density at radius 1 is 1.57 bits per heavy atom. The molecule has 0 saturated carbocycles. The predicted octanol–water partition coefficient (Wildman–Crippen LogP) is 1.54. The Bertz CT molecular complexity index is 206. The summed E-state index contributed by atoms with van der Waals surface area (Å²) in [6.07, 6.45) is 0.921. The topological polar surface area (TPSA) is 60.8 Å². The van der Waals surface area contributed by atoms with Gasteiger partial charge < -0.3 is 15.1 Å². The van der Waals surface area contributed by atoms with Crippen molar-refractivity contribution in [2.24, 2.45) is 5.92 Å². The highest BCUT2D eigenvalue weighted by atomic mass is 16.4. The molecule has 2 N–H and O–H groups in total. The molecule has 1 rings (SSSR count). The minimum Gasteiger partial charge on any atom is -0.465 e. The van der Waals surface area contributed by atoms with Crippen molar-refractivity contribution < 1.29 is 15.0 Å². The molecule has 1 heterocycles. The summed E-state index contributed by atoms with van der Waals surface area (Å²) in [4.78, 5) is 12.2. The monoisotopic (exact) mass is 201 g/mol. The van der Waals surface area contributed by atoms with Crippen LogP contribution in [-0.4, -0.2) is 39.9 Å². The van der Waals surface area contributed by atoms with Crippen LogP contribution in [0.25, 0.3) is 0 Å². The van der Waals surface area contributed by atoms with Crippen LogP contribution < -0.4 is 0 Å². The largest absolute Gasteiger partial charge is 0.465 e. The zero-order valence-electron chi connectivity index (χ0n) is 8.81. The number of aliphatic hydroxyl groups excluding tert-OH is 1. The van der Waals surface area contributed by atoms with Gasteiger partial charge in [-0.2, -0.15) is 0 Å². The summed E-state index contributed by atoms with van der Waals surface area (Å²) < 4.78 is 0. The van der Waals surface area contributed by atoms with Gasteiger partial charge in [-0.1, -0.05) is 13.8 Å². The van der Waals surface area contributed by atoms with Crippen molar-refractivity contribution in [1.82, 2.24) is 4.90 Å². The maximum atomic E-state index is 10.8. The number of nitrogens with zero attached hydrogens (tertiary/aromatic N) is 1. The van der Waals surface area contributed by atoms with E-state index in [-0.39, 0.29) is 6.04 Å². The normalized spacial score (nSPS) is 24.3. The first-order valence-corrected chi connectivity index (χ1v) is 5.20. The predicted molar refractivity (Wildman–Crippen MR) is 53.2 cm³/mol. The van der Waals surface area contributed by atoms with Crippen LogP contribution in [-0.2, 0) is 0 Å². The third-order valence-corrected chi connectivity index (χ3v) is 2.70. The molecule has 0 aromatic heterocycles. The third-order valence-electron chi connectivity index (χ3n) is 2.70. The average molecular weight is 201 g/mol. The second-order valence-corrected chi connectivity index (χ2v) is 4.38. The molecule has 0 aliphatic carbocycles. The van der Waals surface area contributed by atoms with Gasteiger partial charge in [-0.05, 0) is 25.2 Å². The quantitative estimate of drug-likeness (QED) is 0.728. The number of carbonyl (C=O) groups is 1. The Hall–Kier alpha value is -0.770. The summed E-state index contributed by atoms with van der Waals surface area (Å²) in [6.45, 7) is 4.63. The van der Waals surface area contributed by atoms with Gasteiger partial charge in [-0.25, -0.2) is 4.79 Å². The maximum Gasteiger partial charge on any atom is 0.407 e. The summed E-state index contributed by atoms with van der Waals surface area (Å²) in [7, 11) is 0. The second-order valence-electron chi connectivity index (χ2n) is 4.38. The van der Waals surface area contributed by atoms with E-state index in [1.807, 2.05) is 13.8 Å². The molecule has 1 aliphatic heterocycles. The van der Waals surface area contributed by atoms with E-state index in [1.54, 1.807) is 0 Å². The van der Waals surface area contributed by atoms with Crippen LogP contribution >= 0.6 is 0 Å². The highest BCUT2D eigenvalue weighted by molar-refractivity contribution is 5.65. The molecule has 0 radical (unpaired) electrons. The number of carboxylic acid groups (broad SMARTS) is 1. The van der Waals surface area contributed by atoms with E-state index in [4.69, 9.17) is 5.11 Å². The van der Waals surface area contributed by atoms with Crippen molar-refractivity contribution >= 4 is 6.09 Å². The van der Waals surface area contributed by atoms with E-state index < -0.39 is 12.2 Å². The van der Waals surface area contributed by atoms with E-state index >= 15 is 0 Å². The summed E-state index contributed by atoms with van der Waals surface area (Å²) in [5.74, 6) is 0.404. The number of rotatable bonds is 3. The lowest BCUT2D eigenvalue weighted by molar-refractivity contribution is 0.0554. The maximum absolute atomic E-state index is 10.8. The van der Waals surface area contributed by atoms with Crippen molar-refractivity contribution in [3.05, 3.63) is 0 Å². The molecule has 0 aromatic rings. The lowest BCUT2D eigenvalue weighted by Crippen LogP contribution is -2.42. The minimum absolute atomic E-state index is 0.185. The standard InChI is InChI=1S/C10H19NO3/c1-7(2)6-9(12)8-4-3-5-11(8)10(13)14/h7-9,12H,3-6H2,1-2H3,(H,13,14)/t8-,9?/m0/s1. The molecule has 1 amide bonds. The molecule has 2 atom stereocenters. The van der Waals surface area contributed by atoms with E-state index in [1.165, 1.54) is 4.90 Å². The van der Waals surface area contributed by atoms with Crippen LogP contribution in [0.4, 0.5) is 4.79 Å². The molecule has 4 nitrogen and oxygen atoms in total. The molecule has 82 valence electrons. The Morgan fingerprint density at radius 3 is 2.71 bits per heavy atom. The summed E-state index contributed by atoms with van der Waals surface area (Å²) in [6, 6.07) is -0.185. The van der Waals surface area contributed by atoms with Crippen LogP contribution in [0.2, 0.25) is 0 Å². The van der Waals surface area contributed by atoms with Gasteiger partial charge in [-0.15, -0.1) is 0 Å². The first-order chi connectivity index (χ1) is 6.52. The number of hydrogen-bond acceptors (Lipinski definition) is 2. The van der Waals surface area contributed by atoms with Crippen LogP contribution in [0.1, 0.15) is 33.1 Å². The fourth-order valence-corrected chi connectivity index (χ4v) is 2.07. The van der Waals surface area contributed by atoms with Gasteiger partial charge in [0, 0.05) is 6.54 Å². The summed E-state index contributed by atoms with van der Waals surface area (Å²) in [5, 5.41) is 18.7. The van der Waals surface area contributed by atoms with Gasteiger partial charge in [0.15, 0.2) is 0 Å². The number of aliphatic hydroxyl groups is 1. The fourth-order valence-electron chi connectivity index (χ4n) is 2.07. The van der Waals surface area contributed by atoms with Crippen molar-refractivity contribution in [3.63, 3.8) is 0 Å². The molecule has 0 bridgehead atoms. The Labute approximate surface area is 84.5 Å². The lowest BCUT2D eigenvalue weighted by atomic mass is 9.99. The van der Waals surface area contributed by atoms with E-state index in [0.717, 1.165) is 12.8 Å². The lowest BCUT2D eigenvalue weighted by Gasteiger charge is -2.27. The molecule has 0 spiro atoms. The van der Waals surface area contributed by atoms with Crippen LogP contribution in [0, 0.1) is 5.92 Å². The number of amides is 1. The Morgan fingerprint density at radius 2 is 2.21 bits per heavy atom. The van der Waals surface area contributed by atoms with Gasteiger partial charge in [0.2, 0.25) is 0 Å². The highest BCUT2D eigenvalue weighted by Gasteiger charge is 2.33. The average Bonchev–Trinajstić information content (AvgIpc) is 2.49. The van der Waals surface area contributed by atoms with Gasteiger partial charge in [0.05, 0.1) is 12.1 Å². The first-order valence-electron chi connectivity index (χ1n) is 5.20. The molecule has 1 fully saturated rings. The van der Waals surface area contributed by atoms with Crippen molar-refractivity contribution in [2.75, 3.05) is 6.54 Å². The molecular formula is C10H19NO3. The minimum atomic E-state index is -0.907. The van der Waals surface area contributed by atoms with Crippen LogP contribution in [0.5, 0.6) is 0 Å². The SMILES string of the molecule is CC(C)CC(O)[C@@H]1CCCN1C(=O)O. The van der Waals surface area contributed by atoms with Crippen molar-refractivity contribution in [3.8, 4) is 0 Å². The van der Waals surface area contributed by atoms with Crippen molar-refractivity contribution in [1.29, 1.82) is 0 Å². The van der Waals surface area contributed by atoms with E-state index in [0.29, 0.717) is 18.9 Å². The summed E-state index contributed by atoms with van der Waals surface area (Å²) >= 11 is 0.